The summed E-state index contributed by atoms with van der Waals surface area (Å²) in [6, 6.07) is 28.7. The monoisotopic (exact) mass is 727 g/mol. The molecule has 2 atom stereocenters. The van der Waals surface area contributed by atoms with Crippen molar-refractivity contribution in [2.75, 3.05) is 10.8 Å². The number of carbonyl (C=O) groups is 2. The van der Waals surface area contributed by atoms with Crippen LogP contribution in [0.1, 0.15) is 31.4 Å². The van der Waals surface area contributed by atoms with Crippen LogP contribution in [-0.4, -0.2) is 43.8 Å². The first-order valence-corrected chi connectivity index (χ1v) is 16.8. The van der Waals surface area contributed by atoms with E-state index >= 15 is 0 Å². The molecular weight excluding hydrogens is 692 g/mol. The largest absolute Gasteiger partial charge is 0.352 e. The average Bonchev–Trinajstić information content (AvgIpc) is 3.03. The topological polar surface area (TPSA) is 86.8 Å². The molecule has 10 heteroatoms. The van der Waals surface area contributed by atoms with Crippen LogP contribution in [0.2, 0.25) is 0 Å². The van der Waals surface area contributed by atoms with Gasteiger partial charge in [0.2, 0.25) is 11.8 Å². The Bertz CT molecular complexity index is 1660. The van der Waals surface area contributed by atoms with E-state index in [9.17, 15) is 22.4 Å². The van der Waals surface area contributed by atoms with Crippen LogP contribution in [0, 0.1) is 9.39 Å². The number of hydrogen-bond acceptors (Lipinski definition) is 4. The van der Waals surface area contributed by atoms with Gasteiger partial charge in [-0.15, -0.1) is 0 Å². The molecule has 0 unspecified atom stereocenters. The summed E-state index contributed by atoms with van der Waals surface area (Å²) in [5.41, 5.74) is 1.30. The van der Waals surface area contributed by atoms with Crippen molar-refractivity contribution in [3.05, 3.63) is 130 Å². The van der Waals surface area contributed by atoms with Gasteiger partial charge in [-0.2, -0.15) is 0 Å². The molecule has 0 radical (unpaired) electrons. The van der Waals surface area contributed by atoms with Crippen molar-refractivity contribution < 1.29 is 22.4 Å². The number of carbonyl (C=O) groups excluding carboxylic acids is 2. The van der Waals surface area contributed by atoms with Gasteiger partial charge in [0.05, 0.1) is 10.6 Å². The van der Waals surface area contributed by atoms with Crippen molar-refractivity contribution in [3.63, 3.8) is 0 Å². The van der Waals surface area contributed by atoms with Gasteiger partial charge in [-0.05, 0) is 84.0 Å². The highest BCUT2D eigenvalue weighted by atomic mass is 127. The third-order valence-corrected chi connectivity index (χ3v) is 9.80. The number of halogens is 2. The SMILES string of the molecule is CC[C@@H](C)NC(=O)[C@H](Cc1ccccc1)N(Cc1ccccc1F)C(=O)CN(c1ccc(I)cc1)S(=O)(=O)c1ccccc1. The molecule has 0 saturated carbocycles. The van der Waals surface area contributed by atoms with Crippen molar-refractivity contribution in [1.29, 1.82) is 0 Å². The highest BCUT2D eigenvalue weighted by molar-refractivity contribution is 14.1. The predicted octanol–water partition coefficient (Wildman–Crippen LogP) is 6.18. The zero-order chi connectivity index (χ0) is 31.7. The van der Waals surface area contributed by atoms with E-state index in [1.165, 1.54) is 23.1 Å². The van der Waals surface area contributed by atoms with Gasteiger partial charge >= 0.3 is 0 Å². The molecule has 2 amide bonds. The van der Waals surface area contributed by atoms with Gasteiger partial charge in [0, 0.05) is 28.1 Å². The average molecular weight is 728 g/mol. The van der Waals surface area contributed by atoms with Crippen molar-refractivity contribution in [1.82, 2.24) is 10.2 Å². The minimum atomic E-state index is -4.20. The second-order valence-corrected chi connectivity index (χ2v) is 13.5. The van der Waals surface area contributed by atoms with Crippen LogP contribution in [0.3, 0.4) is 0 Å². The summed E-state index contributed by atoms with van der Waals surface area (Å²) in [4.78, 5) is 29.5. The Hall–Kier alpha value is -3.77. The number of nitrogens with one attached hydrogen (secondary N) is 1. The Balaban J connectivity index is 1.80. The van der Waals surface area contributed by atoms with Gasteiger partial charge in [0.1, 0.15) is 18.4 Å². The number of anilines is 1. The summed E-state index contributed by atoms with van der Waals surface area (Å²) in [5.74, 6) is -1.58. The normalized spacial score (nSPS) is 12.6. The van der Waals surface area contributed by atoms with Gasteiger partial charge < -0.3 is 10.2 Å². The van der Waals surface area contributed by atoms with E-state index in [1.807, 2.05) is 44.2 Å². The van der Waals surface area contributed by atoms with Gasteiger partial charge in [-0.3, -0.25) is 13.9 Å². The van der Waals surface area contributed by atoms with E-state index in [0.29, 0.717) is 6.42 Å². The molecule has 230 valence electrons. The minimum absolute atomic E-state index is 0.0161. The Kier molecular flexibility index (Phi) is 11.5. The number of rotatable bonds is 13. The number of hydrogen-bond donors (Lipinski definition) is 1. The molecule has 0 heterocycles. The zero-order valence-electron chi connectivity index (χ0n) is 24.6. The molecule has 44 heavy (non-hydrogen) atoms. The van der Waals surface area contributed by atoms with Crippen LogP contribution >= 0.6 is 22.6 Å². The fourth-order valence-electron chi connectivity index (χ4n) is 4.66. The summed E-state index contributed by atoms with van der Waals surface area (Å²) < 4.78 is 44.9. The number of nitrogens with zero attached hydrogens (tertiary/aromatic N) is 2. The van der Waals surface area contributed by atoms with E-state index in [2.05, 4.69) is 27.9 Å². The molecule has 0 aliphatic heterocycles. The second kappa shape index (κ2) is 15.3. The summed E-state index contributed by atoms with van der Waals surface area (Å²) >= 11 is 2.12. The lowest BCUT2D eigenvalue weighted by atomic mass is 10.0. The van der Waals surface area contributed by atoms with Gasteiger partial charge in [-0.1, -0.05) is 73.7 Å². The lowest BCUT2D eigenvalue weighted by Crippen LogP contribution is -2.54. The lowest BCUT2D eigenvalue weighted by molar-refractivity contribution is -0.140. The minimum Gasteiger partial charge on any atom is -0.352 e. The highest BCUT2D eigenvalue weighted by Crippen LogP contribution is 2.26. The molecule has 0 saturated heterocycles. The summed E-state index contributed by atoms with van der Waals surface area (Å²) in [6.07, 6.45) is 0.819. The first kappa shape index (κ1) is 33.1. The molecule has 0 fully saturated rings. The van der Waals surface area contributed by atoms with E-state index in [4.69, 9.17) is 0 Å². The van der Waals surface area contributed by atoms with Crippen LogP contribution < -0.4 is 9.62 Å². The van der Waals surface area contributed by atoms with Crippen LogP contribution in [-0.2, 0) is 32.6 Å². The van der Waals surface area contributed by atoms with Crippen LogP contribution in [0.25, 0.3) is 0 Å². The molecule has 0 aliphatic carbocycles. The molecule has 4 rings (SSSR count). The van der Waals surface area contributed by atoms with Crippen LogP contribution in [0.4, 0.5) is 10.1 Å². The van der Waals surface area contributed by atoms with Crippen molar-refractivity contribution in [2.24, 2.45) is 0 Å². The molecule has 4 aromatic carbocycles. The Labute approximate surface area is 272 Å². The Morgan fingerprint density at radius 3 is 2.07 bits per heavy atom. The highest BCUT2D eigenvalue weighted by Gasteiger charge is 2.35. The quantitative estimate of drug-likeness (QED) is 0.167. The Morgan fingerprint density at radius 2 is 1.45 bits per heavy atom. The van der Waals surface area contributed by atoms with Gasteiger partial charge in [0.15, 0.2) is 0 Å². The van der Waals surface area contributed by atoms with E-state index in [1.54, 1.807) is 60.7 Å². The lowest BCUT2D eigenvalue weighted by Gasteiger charge is -2.34. The molecule has 4 aromatic rings. The van der Waals surface area contributed by atoms with Gasteiger partial charge in [-0.25, -0.2) is 12.8 Å². The van der Waals surface area contributed by atoms with Gasteiger partial charge in [0.25, 0.3) is 10.0 Å². The molecule has 0 bridgehead atoms. The molecule has 7 nitrogen and oxygen atoms in total. The third-order valence-electron chi connectivity index (χ3n) is 7.30. The fraction of sp³-hybridized carbons (Fsp3) is 0.235. The van der Waals surface area contributed by atoms with E-state index in [0.717, 1.165) is 13.4 Å². The number of amides is 2. The maximum atomic E-state index is 15.0. The van der Waals surface area contributed by atoms with Crippen LogP contribution in [0.15, 0.2) is 114 Å². The summed E-state index contributed by atoms with van der Waals surface area (Å²) in [7, 11) is -4.20. The molecule has 0 aromatic heterocycles. The van der Waals surface area contributed by atoms with Crippen molar-refractivity contribution in [3.8, 4) is 0 Å². The zero-order valence-corrected chi connectivity index (χ0v) is 27.5. The van der Waals surface area contributed by atoms with E-state index in [-0.39, 0.29) is 35.2 Å². The maximum Gasteiger partial charge on any atom is 0.264 e. The van der Waals surface area contributed by atoms with E-state index < -0.39 is 40.2 Å². The summed E-state index contributed by atoms with van der Waals surface area (Å²) in [5, 5.41) is 2.97. The Morgan fingerprint density at radius 1 is 0.864 bits per heavy atom. The maximum absolute atomic E-state index is 15.0. The molecular formula is C34H35FIN3O4S. The standard InChI is InChI=1S/C34H35FIN3O4S/c1-3-25(2)37-34(41)32(22-26-12-6-4-7-13-26)38(23-27-14-10-11-17-31(27)35)33(40)24-39(29-20-18-28(36)19-21-29)44(42,43)30-15-8-5-9-16-30/h4-21,25,32H,3,22-24H2,1-2H3,(H,37,41)/t25-,32+/m1/s1. The smallest absolute Gasteiger partial charge is 0.264 e. The number of benzene rings is 4. The van der Waals surface area contributed by atoms with Crippen molar-refractivity contribution >= 4 is 50.1 Å². The molecule has 0 aliphatic rings. The summed E-state index contributed by atoms with van der Waals surface area (Å²) in [6.45, 7) is 2.97. The van der Waals surface area contributed by atoms with Crippen molar-refractivity contribution in [2.45, 2.75) is 50.2 Å². The fourth-order valence-corrected chi connectivity index (χ4v) is 6.46. The number of sulfonamides is 1. The second-order valence-electron chi connectivity index (χ2n) is 10.4. The first-order valence-electron chi connectivity index (χ1n) is 14.3. The molecule has 1 N–H and O–H groups in total. The predicted molar refractivity (Wildman–Crippen MR) is 179 cm³/mol. The molecule has 0 spiro atoms. The first-order chi connectivity index (χ1) is 21.1. The third kappa shape index (κ3) is 8.44. The van der Waals surface area contributed by atoms with Crippen LogP contribution in [0.5, 0.6) is 0 Å².